The Morgan fingerprint density at radius 3 is 2.48 bits per heavy atom. The second kappa shape index (κ2) is 7.80. The van der Waals surface area contributed by atoms with Gasteiger partial charge in [0.2, 0.25) is 5.91 Å². The van der Waals surface area contributed by atoms with E-state index in [0.717, 1.165) is 0 Å². The Morgan fingerprint density at radius 1 is 1.15 bits per heavy atom. The molecule has 0 radical (unpaired) electrons. The number of hydrogen-bond acceptors (Lipinski definition) is 4. The van der Waals surface area contributed by atoms with Gasteiger partial charge < -0.3 is 15.2 Å². The van der Waals surface area contributed by atoms with Crippen LogP contribution < -0.4 is 10.1 Å². The molecular weight excluding hydrogens is 344 g/mol. The molecule has 6 nitrogen and oxygen atoms in total. The summed E-state index contributed by atoms with van der Waals surface area (Å²) in [5, 5.41) is 12.3. The molecule has 0 spiro atoms. The Balaban J connectivity index is 1.69. The molecule has 0 bridgehead atoms. The van der Waals surface area contributed by atoms with Gasteiger partial charge in [-0.3, -0.25) is 14.5 Å². The van der Waals surface area contributed by atoms with Crippen molar-refractivity contribution in [3.05, 3.63) is 54.6 Å². The standard InChI is InChI=1S/C21H24N2O4/c1-15(23-13-12-21(2,14-23)20(25)26)19(24)22-17-10-6-7-11-18(17)27-16-8-4-3-5-9-16/h3-11,15H,12-14H2,1-2H3,(H,22,24)(H,25,26). The number of aliphatic carboxylic acids is 1. The highest BCUT2D eigenvalue weighted by Crippen LogP contribution is 2.32. The first kappa shape index (κ1) is 18.9. The fourth-order valence-electron chi connectivity index (χ4n) is 3.18. The molecule has 2 N–H and O–H groups in total. The molecule has 1 fully saturated rings. The van der Waals surface area contributed by atoms with Crippen LogP contribution in [0.5, 0.6) is 11.5 Å². The smallest absolute Gasteiger partial charge is 0.310 e. The predicted molar refractivity (Wildman–Crippen MR) is 103 cm³/mol. The first-order chi connectivity index (χ1) is 12.9. The van der Waals surface area contributed by atoms with E-state index < -0.39 is 17.4 Å². The lowest BCUT2D eigenvalue weighted by Crippen LogP contribution is -2.42. The number of hydrogen-bond donors (Lipinski definition) is 2. The zero-order valence-corrected chi connectivity index (χ0v) is 15.5. The lowest BCUT2D eigenvalue weighted by Gasteiger charge is -2.25. The molecule has 2 aromatic carbocycles. The number of benzene rings is 2. The summed E-state index contributed by atoms with van der Waals surface area (Å²) in [7, 11) is 0. The molecule has 1 amide bonds. The highest BCUT2D eigenvalue weighted by atomic mass is 16.5. The summed E-state index contributed by atoms with van der Waals surface area (Å²) < 4.78 is 5.87. The maximum Gasteiger partial charge on any atom is 0.310 e. The van der Waals surface area contributed by atoms with Crippen LogP contribution in [-0.4, -0.2) is 41.0 Å². The monoisotopic (exact) mass is 368 g/mol. The molecule has 142 valence electrons. The van der Waals surface area contributed by atoms with Crippen LogP contribution in [0.3, 0.4) is 0 Å². The van der Waals surface area contributed by atoms with Gasteiger partial charge in [-0.15, -0.1) is 0 Å². The van der Waals surface area contributed by atoms with Crippen LogP contribution in [0.15, 0.2) is 54.6 Å². The van der Waals surface area contributed by atoms with Crippen LogP contribution in [0.2, 0.25) is 0 Å². The van der Waals surface area contributed by atoms with Crippen molar-refractivity contribution < 1.29 is 19.4 Å². The zero-order valence-electron chi connectivity index (χ0n) is 15.5. The number of carbonyl (C=O) groups excluding carboxylic acids is 1. The summed E-state index contributed by atoms with van der Waals surface area (Å²) in [4.78, 5) is 26.1. The van der Waals surface area contributed by atoms with E-state index in [2.05, 4.69) is 5.32 Å². The number of nitrogens with zero attached hydrogens (tertiary/aromatic N) is 1. The molecule has 2 atom stereocenters. The second-order valence-electron chi connectivity index (χ2n) is 7.16. The zero-order chi connectivity index (χ0) is 19.4. The molecule has 0 aromatic heterocycles. The van der Waals surface area contributed by atoms with E-state index in [1.165, 1.54) is 0 Å². The SMILES string of the molecule is CC(C(=O)Nc1ccccc1Oc1ccccc1)N1CCC(C)(C(=O)O)C1. The van der Waals surface area contributed by atoms with Crippen LogP contribution in [0.25, 0.3) is 0 Å². The average Bonchev–Trinajstić information content (AvgIpc) is 3.07. The Kier molecular flexibility index (Phi) is 5.46. The van der Waals surface area contributed by atoms with Gasteiger partial charge in [-0.25, -0.2) is 0 Å². The van der Waals surface area contributed by atoms with Gasteiger partial charge in [-0.2, -0.15) is 0 Å². The molecule has 2 unspecified atom stereocenters. The topological polar surface area (TPSA) is 78.9 Å². The van der Waals surface area contributed by atoms with Crippen molar-refractivity contribution in [3.8, 4) is 11.5 Å². The molecule has 6 heteroatoms. The van der Waals surface area contributed by atoms with Gasteiger partial charge in [0.25, 0.3) is 0 Å². The number of carboxylic acid groups (broad SMARTS) is 1. The normalized spacial score (nSPS) is 20.8. The summed E-state index contributed by atoms with van der Waals surface area (Å²) in [6.45, 7) is 4.46. The van der Waals surface area contributed by atoms with Crippen LogP contribution in [0.1, 0.15) is 20.3 Å². The van der Waals surface area contributed by atoms with E-state index in [-0.39, 0.29) is 5.91 Å². The Morgan fingerprint density at radius 2 is 1.81 bits per heavy atom. The van der Waals surface area contributed by atoms with E-state index in [0.29, 0.717) is 36.7 Å². The van der Waals surface area contributed by atoms with Gasteiger partial charge in [0.1, 0.15) is 5.75 Å². The molecule has 0 aliphatic carbocycles. The van der Waals surface area contributed by atoms with Crippen LogP contribution >= 0.6 is 0 Å². The first-order valence-electron chi connectivity index (χ1n) is 8.99. The third kappa shape index (κ3) is 4.28. The summed E-state index contributed by atoms with van der Waals surface area (Å²) in [6, 6.07) is 16.2. The minimum Gasteiger partial charge on any atom is -0.481 e. The second-order valence-corrected chi connectivity index (χ2v) is 7.16. The highest BCUT2D eigenvalue weighted by Gasteiger charge is 2.42. The van der Waals surface area contributed by atoms with Crippen LogP contribution in [0.4, 0.5) is 5.69 Å². The summed E-state index contributed by atoms with van der Waals surface area (Å²) in [5.41, 5.74) is -0.221. The predicted octanol–water partition coefficient (Wildman–Crippen LogP) is 3.60. The maximum absolute atomic E-state index is 12.7. The van der Waals surface area contributed by atoms with Crippen molar-refractivity contribution in [2.45, 2.75) is 26.3 Å². The number of anilines is 1. The van der Waals surface area contributed by atoms with Crippen molar-refractivity contribution in [1.29, 1.82) is 0 Å². The van der Waals surface area contributed by atoms with E-state index >= 15 is 0 Å². The summed E-state index contributed by atoms with van der Waals surface area (Å²) in [6.07, 6.45) is 0.535. The van der Waals surface area contributed by atoms with Gasteiger partial charge in [0, 0.05) is 13.1 Å². The fraction of sp³-hybridized carbons (Fsp3) is 0.333. The molecule has 0 saturated carbocycles. The number of likely N-dealkylation sites (tertiary alicyclic amines) is 1. The van der Waals surface area contributed by atoms with Gasteiger partial charge in [0.15, 0.2) is 5.75 Å². The van der Waals surface area contributed by atoms with Gasteiger partial charge in [-0.05, 0) is 44.5 Å². The number of carboxylic acids is 1. The lowest BCUT2D eigenvalue weighted by atomic mass is 9.90. The fourth-order valence-corrected chi connectivity index (χ4v) is 3.18. The van der Waals surface area contributed by atoms with Gasteiger partial charge in [0.05, 0.1) is 17.1 Å². The number of amides is 1. The lowest BCUT2D eigenvalue weighted by molar-refractivity contribution is -0.147. The molecule has 1 heterocycles. The Hall–Kier alpha value is -2.86. The number of nitrogens with one attached hydrogen (secondary N) is 1. The molecule has 1 saturated heterocycles. The van der Waals surface area contributed by atoms with Crippen molar-refractivity contribution >= 4 is 17.6 Å². The maximum atomic E-state index is 12.7. The average molecular weight is 368 g/mol. The Bertz CT molecular complexity index is 824. The van der Waals surface area contributed by atoms with Gasteiger partial charge in [-0.1, -0.05) is 30.3 Å². The van der Waals surface area contributed by atoms with E-state index in [1.807, 2.05) is 47.4 Å². The minimum atomic E-state index is -0.820. The van der Waals surface area contributed by atoms with Gasteiger partial charge >= 0.3 is 5.97 Å². The summed E-state index contributed by atoms with van der Waals surface area (Å²) in [5.74, 6) is 0.234. The van der Waals surface area contributed by atoms with Crippen molar-refractivity contribution in [1.82, 2.24) is 4.90 Å². The van der Waals surface area contributed by atoms with E-state index in [1.54, 1.807) is 26.0 Å². The third-order valence-electron chi connectivity index (χ3n) is 5.06. The Labute approximate surface area is 158 Å². The molecule has 3 rings (SSSR count). The first-order valence-corrected chi connectivity index (χ1v) is 8.99. The summed E-state index contributed by atoms with van der Waals surface area (Å²) >= 11 is 0. The molecule has 2 aromatic rings. The van der Waals surface area contributed by atoms with Crippen molar-refractivity contribution in [3.63, 3.8) is 0 Å². The number of ether oxygens (including phenoxy) is 1. The van der Waals surface area contributed by atoms with Crippen LogP contribution in [-0.2, 0) is 9.59 Å². The molecule has 1 aliphatic heterocycles. The minimum absolute atomic E-state index is 0.186. The number of para-hydroxylation sites is 3. The number of rotatable bonds is 6. The molecule has 27 heavy (non-hydrogen) atoms. The largest absolute Gasteiger partial charge is 0.481 e. The molecular formula is C21H24N2O4. The van der Waals surface area contributed by atoms with Crippen molar-refractivity contribution in [2.24, 2.45) is 5.41 Å². The van der Waals surface area contributed by atoms with Crippen molar-refractivity contribution in [2.75, 3.05) is 18.4 Å². The number of carbonyl (C=O) groups is 2. The molecule has 1 aliphatic rings. The third-order valence-corrected chi connectivity index (χ3v) is 5.06. The highest BCUT2D eigenvalue weighted by molar-refractivity contribution is 5.96. The quantitative estimate of drug-likeness (QED) is 0.814. The van der Waals surface area contributed by atoms with E-state index in [9.17, 15) is 14.7 Å². The van der Waals surface area contributed by atoms with Crippen LogP contribution in [0, 0.1) is 5.41 Å². The van der Waals surface area contributed by atoms with E-state index in [4.69, 9.17) is 4.74 Å².